The minimum Gasteiger partial charge on any atom is -0.505 e. The molecule has 1 saturated heterocycles. The summed E-state index contributed by atoms with van der Waals surface area (Å²) in [5.74, 6) is -1.44. The molecule has 146 valence electrons. The van der Waals surface area contributed by atoms with E-state index in [0.717, 1.165) is 0 Å². The van der Waals surface area contributed by atoms with Gasteiger partial charge in [0, 0.05) is 31.7 Å². The van der Waals surface area contributed by atoms with E-state index in [-0.39, 0.29) is 17.2 Å². The second kappa shape index (κ2) is 7.61. The molecular formula is C18H19F4N3O2. The van der Waals surface area contributed by atoms with E-state index in [4.69, 9.17) is 5.73 Å². The zero-order valence-corrected chi connectivity index (χ0v) is 14.3. The van der Waals surface area contributed by atoms with Gasteiger partial charge in [-0.25, -0.2) is 4.39 Å². The molecule has 2 aromatic carbocycles. The first-order valence-electron chi connectivity index (χ1n) is 8.33. The molecule has 0 amide bonds. The number of hydrogen-bond acceptors (Lipinski definition) is 5. The molecule has 2 aromatic rings. The first-order valence-corrected chi connectivity index (χ1v) is 8.33. The molecule has 1 heterocycles. The lowest BCUT2D eigenvalue weighted by Gasteiger charge is -2.36. The molecule has 0 unspecified atom stereocenters. The lowest BCUT2D eigenvalue weighted by Crippen LogP contribution is -2.45. The number of halogens is 4. The van der Waals surface area contributed by atoms with Crippen LogP contribution in [0.25, 0.3) is 0 Å². The van der Waals surface area contributed by atoms with Gasteiger partial charge in [0.2, 0.25) is 0 Å². The highest BCUT2D eigenvalue weighted by molar-refractivity contribution is 5.59. The monoisotopic (exact) mass is 385 g/mol. The summed E-state index contributed by atoms with van der Waals surface area (Å²) in [6.45, 7) is 2.71. The predicted octanol–water partition coefficient (Wildman–Crippen LogP) is 3.01. The maximum absolute atomic E-state index is 13.6. The lowest BCUT2D eigenvalue weighted by molar-refractivity contribution is -0.274. The molecule has 0 radical (unpaired) electrons. The van der Waals surface area contributed by atoms with Crippen LogP contribution in [-0.4, -0.2) is 42.5 Å². The normalized spacial score (nSPS) is 16.9. The molecule has 4 N–H and O–H groups in total. The molecule has 3 rings (SSSR count). The SMILES string of the molecule is Nc1c(F)ccc([C@H](c2ccc(OC(F)(F)F)cc2)N2CCNCC2)c1O. The number of phenols is 1. The Morgan fingerprint density at radius 3 is 2.30 bits per heavy atom. The summed E-state index contributed by atoms with van der Waals surface area (Å²) in [4.78, 5) is 2.04. The van der Waals surface area contributed by atoms with E-state index in [1.54, 1.807) is 0 Å². The van der Waals surface area contributed by atoms with E-state index >= 15 is 0 Å². The van der Waals surface area contributed by atoms with Crippen LogP contribution in [0.5, 0.6) is 11.5 Å². The average Bonchev–Trinajstić information content (AvgIpc) is 2.63. The molecule has 1 fully saturated rings. The molecule has 1 aliphatic heterocycles. The molecule has 0 bridgehead atoms. The van der Waals surface area contributed by atoms with Gasteiger partial charge in [0.05, 0.1) is 6.04 Å². The van der Waals surface area contributed by atoms with Gasteiger partial charge in [0.25, 0.3) is 0 Å². The van der Waals surface area contributed by atoms with E-state index in [1.807, 2.05) is 4.90 Å². The van der Waals surface area contributed by atoms with Crippen molar-refractivity contribution in [1.29, 1.82) is 0 Å². The van der Waals surface area contributed by atoms with E-state index in [2.05, 4.69) is 10.1 Å². The molecular weight excluding hydrogens is 366 g/mol. The largest absolute Gasteiger partial charge is 0.573 e. The minimum atomic E-state index is -4.77. The summed E-state index contributed by atoms with van der Waals surface area (Å²) in [6.07, 6.45) is -4.77. The number of anilines is 1. The predicted molar refractivity (Wildman–Crippen MR) is 91.9 cm³/mol. The van der Waals surface area contributed by atoms with Crippen LogP contribution in [0.1, 0.15) is 17.2 Å². The summed E-state index contributed by atoms with van der Waals surface area (Å²) in [7, 11) is 0. The minimum absolute atomic E-state index is 0.340. The Hall–Kier alpha value is -2.52. The molecule has 5 nitrogen and oxygen atoms in total. The number of rotatable bonds is 4. The Labute approximate surface area is 153 Å². The number of alkyl halides is 3. The number of ether oxygens (including phenoxy) is 1. The third-order valence-corrected chi connectivity index (χ3v) is 4.44. The topological polar surface area (TPSA) is 70.8 Å². The second-order valence-corrected chi connectivity index (χ2v) is 6.20. The van der Waals surface area contributed by atoms with Crippen molar-refractivity contribution in [2.75, 3.05) is 31.9 Å². The zero-order valence-electron chi connectivity index (χ0n) is 14.3. The Balaban J connectivity index is 1.99. The Bertz CT molecular complexity index is 790. The van der Waals surface area contributed by atoms with Crippen LogP contribution in [0.2, 0.25) is 0 Å². The van der Waals surface area contributed by atoms with E-state index in [0.29, 0.717) is 37.3 Å². The fraction of sp³-hybridized carbons (Fsp3) is 0.333. The standard InChI is InChI=1S/C18H19F4N3O2/c19-14-6-5-13(17(26)15(14)23)16(25-9-7-24-8-10-25)11-1-3-12(4-2-11)27-18(20,21)22/h1-6,16,24,26H,7-10,23H2/t16-/m0/s1. The Morgan fingerprint density at radius 1 is 1.07 bits per heavy atom. The third kappa shape index (κ3) is 4.42. The van der Waals surface area contributed by atoms with Crippen molar-refractivity contribution >= 4 is 5.69 Å². The van der Waals surface area contributed by atoms with Gasteiger partial charge >= 0.3 is 6.36 Å². The van der Waals surface area contributed by atoms with Crippen LogP contribution >= 0.6 is 0 Å². The number of benzene rings is 2. The quantitative estimate of drug-likeness (QED) is 0.429. The molecule has 1 aliphatic rings. The number of nitrogens with one attached hydrogen (secondary N) is 1. The number of nitrogens with zero attached hydrogens (tertiary/aromatic N) is 1. The fourth-order valence-corrected chi connectivity index (χ4v) is 3.20. The van der Waals surface area contributed by atoms with Crippen molar-refractivity contribution < 1.29 is 27.4 Å². The van der Waals surface area contributed by atoms with Crippen LogP contribution in [0.4, 0.5) is 23.2 Å². The highest BCUT2D eigenvalue weighted by atomic mass is 19.4. The number of nitrogens with two attached hydrogens (primary N) is 1. The van der Waals surface area contributed by atoms with Gasteiger partial charge in [0.15, 0.2) is 0 Å². The summed E-state index contributed by atoms with van der Waals surface area (Å²) in [5, 5.41) is 13.6. The van der Waals surface area contributed by atoms with Crippen molar-refractivity contribution in [2.24, 2.45) is 0 Å². The van der Waals surface area contributed by atoms with E-state index < -0.39 is 18.2 Å². The highest BCUT2D eigenvalue weighted by Crippen LogP contribution is 2.39. The molecule has 0 aromatic heterocycles. The summed E-state index contributed by atoms with van der Waals surface area (Å²) in [5.41, 5.74) is 6.29. The first kappa shape index (κ1) is 19.2. The average molecular weight is 385 g/mol. The lowest BCUT2D eigenvalue weighted by atomic mass is 9.95. The van der Waals surface area contributed by atoms with Crippen LogP contribution < -0.4 is 15.8 Å². The van der Waals surface area contributed by atoms with Gasteiger partial charge < -0.3 is 20.9 Å². The fourth-order valence-electron chi connectivity index (χ4n) is 3.20. The van der Waals surface area contributed by atoms with Crippen LogP contribution in [0.3, 0.4) is 0 Å². The van der Waals surface area contributed by atoms with Crippen molar-refractivity contribution in [1.82, 2.24) is 10.2 Å². The smallest absolute Gasteiger partial charge is 0.505 e. The molecule has 1 atom stereocenters. The van der Waals surface area contributed by atoms with Gasteiger partial charge in [-0.05, 0) is 23.8 Å². The number of phenolic OH excluding ortho intramolecular Hbond substituents is 1. The number of aromatic hydroxyl groups is 1. The number of nitrogen functional groups attached to an aromatic ring is 1. The molecule has 27 heavy (non-hydrogen) atoms. The summed E-state index contributed by atoms with van der Waals surface area (Å²) >= 11 is 0. The number of hydrogen-bond donors (Lipinski definition) is 3. The molecule has 0 spiro atoms. The van der Waals surface area contributed by atoms with Gasteiger partial charge in [-0.2, -0.15) is 0 Å². The molecule has 0 aliphatic carbocycles. The maximum atomic E-state index is 13.6. The summed E-state index contributed by atoms with van der Waals surface area (Å²) < 4.78 is 54.7. The van der Waals surface area contributed by atoms with E-state index in [1.165, 1.54) is 36.4 Å². The molecule has 9 heteroatoms. The highest BCUT2D eigenvalue weighted by Gasteiger charge is 2.32. The Morgan fingerprint density at radius 2 is 1.70 bits per heavy atom. The third-order valence-electron chi connectivity index (χ3n) is 4.44. The second-order valence-electron chi connectivity index (χ2n) is 6.20. The van der Waals surface area contributed by atoms with E-state index in [9.17, 15) is 22.7 Å². The van der Waals surface area contributed by atoms with Gasteiger partial charge in [-0.3, -0.25) is 4.90 Å². The van der Waals surface area contributed by atoms with Crippen molar-refractivity contribution in [3.63, 3.8) is 0 Å². The number of piperazine rings is 1. The van der Waals surface area contributed by atoms with Crippen LogP contribution in [0, 0.1) is 5.82 Å². The van der Waals surface area contributed by atoms with Gasteiger partial charge in [-0.1, -0.05) is 18.2 Å². The van der Waals surface area contributed by atoms with Gasteiger partial charge in [0.1, 0.15) is 23.0 Å². The van der Waals surface area contributed by atoms with Crippen LogP contribution in [-0.2, 0) is 0 Å². The molecule has 0 saturated carbocycles. The Kier molecular flexibility index (Phi) is 5.43. The summed E-state index contributed by atoms with van der Waals surface area (Å²) in [6, 6.07) is 7.52. The zero-order chi connectivity index (χ0) is 19.6. The van der Waals surface area contributed by atoms with Crippen LogP contribution in [0.15, 0.2) is 36.4 Å². The maximum Gasteiger partial charge on any atom is 0.573 e. The first-order chi connectivity index (χ1) is 12.8. The van der Waals surface area contributed by atoms with Crippen molar-refractivity contribution in [3.05, 3.63) is 53.3 Å². The van der Waals surface area contributed by atoms with Gasteiger partial charge in [-0.15, -0.1) is 13.2 Å². The van der Waals surface area contributed by atoms with Crippen molar-refractivity contribution in [2.45, 2.75) is 12.4 Å². The van der Waals surface area contributed by atoms with Crippen molar-refractivity contribution in [3.8, 4) is 11.5 Å².